The summed E-state index contributed by atoms with van der Waals surface area (Å²) in [5, 5.41) is 0. The van der Waals surface area contributed by atoms with E-state index < -0.39 is 0 Å². The van der Waals surface area contributed by atoms with E-state index in [0.29, 0.717) is 23.1 Å². The van der Waals surface area contributed by atoms with Crippen molar-refractivity contribution in [3.05, 3.63) is 24.8 Å². The van der Waals surface area contributed by atoms with Crippen LogP contribution in [0.1, 0.15) is 0 Å². The maximum absolute atomic E-state index is 5.10. The van der Waals surface area contributed by atoms with Gasteiger partial charge in [0.2, 0.25) is 11.8 Å². The predicted molar refractivity (Wildman–Crippen MR) is 56.2 cm³/mol. The summed E-state index contributed by atoms with van der Waals surface area (Å²) in [6, 6.07) is 1.67. The summed E-state index contributed by atoms with van der Waals surface area (Å²) in [5.74, 6) is 1.39. The topological polar surface area (TPSA) is 70.0 Å². The second-order valence-electron chi connectivity index (χ2n) is 2.87. The number of ether oxygens (including phenoxy) is 2. The molecule has 2 aromatic heterocycles. The Kier molecular flexibility index (Phi) is 2.90. The van der Waals surface area contributed by atoms with Gasteiger partial charge in [-0.05, 0) is 0 Å². The van der Waals surface area contributed by atoms with Crippen molar-refractivity contribution in [2.24, 2.45) is 0 Å². The van der Waals surface area contributed by atoms with E-state index in [0.717, 1.165) is 0 Å². The van der Waals surface area contributed by atoms with Gasteiger partial charge in [0.05, 0.1) is 19.8 Å². The van der Waals surface area contributed by atoms with Crippen molar-refractivity contribution in [2.75, 3.05) is 14.2 Å². The monoisotopic (exact) mass is 218 g/mol. The zero-order chi connectivity index (χ0) is 11.4. The first-order valence-electron chi connectivity index (χ1n) is 4.56. The SMILES string of the molecule is COc1ccnc(-c2cncnc2OC)n1. The summed E-state index contributed by atoms with van der Waals surface area (Å²) < 4.78 is 10.1. The zero-order valence-corrected chi connectivity index (χ0v) is 8.91. The fourth-order valence-electron chi connectivity index (χ4n) is 1.22. The summed E-state index contributed by atoms with van der Waals surface area (Å²) in [5.41, 5.74) is 0.629. The molecule has 0 aliphatic rings. The quantitative estimate of drug-likeness (QED) is 0.763. The molecule has 0 aliphatic heterocycles. The van der Waals surface area contributed by atoms with Crippen molar-refractivity contribution in [3.63, 3.8) is 0 Å². The molecule has 2 aromatic rings. The Morgan fingerprint density at radius 3 is 2.75 bits per heavy atom. The van der Waals surface area contributed by atoms with Gasteiger partial charge in [0.15, 0.2) is 5.82 Å². The molecule has 0 atom stereocenters. The third-order valence-electron chi connectivity index (χ3n) is 1.95. The van der Waals surface area contributed by atoms with Crippen molar-refractivity contribution in [1.82, 2.24) is 19.9 Å². The highest BCUT2D eigenvalue weighted by Crippen LogP contribution is 2.24. The Morgan fingerprint density at radius 1 is 1.12 bits per heavy atom. The molecule has 6 heteroatoms. The Bertz CT molecular complexity index is 490. The Morgan fingerprint density at radius 2 is 2.00 bits per heavy atom. The molecule has 0 aromatic carbocycles. The van der Waals surface area contributed by atoms with Crippen LogP contribution in [0, 0.1) is 0 Å². The minimum Gasteiger partial charge on any atom is -0.481 e. The van der Waals surface area contributed by atoms with Gasteiger partial charge in [-0.25, -0.2) is 15.0 Å². The highest BCUT2D eigenvalue weighted by molar-refractivity contribution is 5.60. The zero-order valence-electron chi connectivity index (χ0n) is 8.91. The fraction of sp³-hybridized carbons (Fsp3) is 0.200. The number of methoxy groups -OCH3 is 2. The van der Waals surface area contributed by atoms with Gasteiger partial charge in [-0.15, -0.1) is 0 Å². The summed E-state index contributed by atoms with van der Waals surface area (Å²) in [4.78, 5) is 16.2. The lowest BCUT2D eigenvalue weighted by Crippen LogP contribution is -1.97. The number of rotatable bonds is 3. The lowest BCUT2D eigenvalue weighted by molar-refractivity contribution is 0.394. The molecule has 0 saturated carbocycles. The predicted octanol–water partition coefficient (Wildman–Crippen LogP) is 0.951. The second-order valence-corrected chi connectivity index (χ2v) is 2.87. The van der Waals surface area contributed by atoms with E-state index >= 15 is 0 Å². The van der Waals surface area contributed by atoms with Crippen LogP contribution >= 0.6 is 0 Å². The summed E-state index contributed by atoms with van der Waals surface area (Å²) in [6.07, 6.45) is 4.61. The van der Waals surface area contributed by atoms with Crippen LogP contribution in [0.3, 0.4) is 0 Å². The molecule has 0 aliphatic carbocycles. The first-order valence-corrected chi connectivity index (χ1v) is 4.56. The van der Waals surface area contributed by atoms with Crippen LogP contribution in [0.25, 0.3) is 11.4 Å². The molecule has 82 valence electrons. The number of nitrogens with zero attached hydrogens (tertiary/aromatic N) is 4. The first kappa shape index (κ1) is 10.3. The highest BCUT2D eigenvalue weighted by Gasteiger charge is 2.10. The molecule has 6 nitrogen and oxygen atoms in total. The summed E-state index contributed by atoms with van der Waals surface area (Å²) in [7, 11) is 3.08. The smallest absolute Gasteiger partial charge is 0.227 e. The maximum atomic E-state index is 5.10. The molecule has 0 spiro atoms. The van der Waals surface area contributed by atoms with Gasteiger partial charge in [0.1, 0.15) is 6.33 Å². The largest absolute Gasteiger partial charge is 0.481 e. The molecule has 0 amide bonds. The number of hydrogen-bond donors (Lipinski definition) is 0. The summed E-state index contributed by atoms with van der Waals surface area (Å²) in [6.45, 7) is 0. The Balaban J connectivity index is 2.49. The van der Waals surface area contributed by atoms with Crippen LogP contribution in [-0.2, 0) is 0 Å². The van der Waals surface area contributed by atoms with Crippen molar-refractivity contribution in [2.45, 2.75) is 0 Å². The molecule has 0 fully saturated rings. The molecule has 0 radical (unpaired) electrons. The third-order valence-corrected chi connectivity index (χ3v) is 1.95. The van der Waals surface area contributed by atoms with E-state index in [2.05, 4.69) is 19.9 Å². The molecule has 0 N–H and O–H groups in total. The summed E-state index contributed by atoms with van der Waals surface area (Å²) >= 11 is 0. The van der Waals surface area contributed by atoms with Crippen LogP contribution in [-0.4, -0.2) is 34.2 Å². The molecule has 2 heterocycles. The molecule has 0 saturated heterocycles. The molecule has 0 unspecified atom stereocenters. The normalized spacial score (nSPS) is 9.88. The molecule has 16 heavy (non-hydrogen) atoms. The minimum absolute atomic E-state index is 0.434. The number of hydrogen-bond acceptors (Lipinski definition) is 6. The van der Waals surface area contributed by atoms with Gasteiger partial charge in [0, 0.05) is 18.5 Å². The lowest BCUT2D eigenvalue weighted by atomic mass is 10.3. The standard InChI is InChI=1S/C10H10N4O2/c1-15-8-3-4-12-9(14-8)7-5-11-6-13-10(7)16-2/h3-6H,1-2H3. The minimum atomic E-state index is 0.434. The van der Waals surface area contributed by atoms with E-state index in [1.165, 1.54) is 13.4 Å². The van der Waals surface area contributed by atoms with E-state index in [4.69, 9.17) is 9.47 Å². The highest BCUT2D eigenvalue weighted by atomic mass is 16.5. The van der Waals surface area contributed by atoms with Crippen LogP contribution < -0.4 is 9.47 Å². The van der Waals surface area contributed by atoms with Gasteiger partial charge < -0.3 is 9.47 Å². The fourth-order valence-corrected chi connectivity index (χ4v) is 1.22. The molecular weight excluding hydrogens is 208 g/mol. The maximum Gasteiger partial charge on any atom is 0.227 e. The van der Waals surface area contributed by atoms with Crippen LogP contribution in [0.5, 0.6) is 11.8 Å². The van der Waals surface area contributed by atoms with E-state index in [-0.39, 0.29) is 0 Å². The van der Waals surface area contributed by atoms with Gasteiger partial charge >= 0.3 is 0 Å². The molecule has 2 rings (SSSR count). The van der Waals surface area contributed by atoms with Crippen molar-refractivity contribution in [1.29, 1.82) is 0 Å². The Labute approximate surface area is 92.3 Å². The van der Waals surface area contributed by atoms with Gasteiger partial charge in [-0.3, -0.25) is 0 Å². The van der Waals surface area contributed by atoms with Gasteiger partial charge in [0.25, 0.3) is 0 Å². The van der Waals surface area contributed by atoms with Crippen LogP contribution in [0.4, 0.5) is 0 Å². The van der Waals surface area contributed by atoms with Crippen molar-refractivity contribution < 1.29 is 9.47 Å². The Hall–Kier alpha value is -2.24. The van der Waals surface area contributed by atoms with Gasteiger partial charge in [-0.1, -0.05) is 0 Å². The van der Waals surface area contributed by atoms with Crippen molar-refractivity contribution >= 4 is 0 Å². The molecule has 0 bridgehead atoms. The van der Waals surface area contributed by atoms with Gasteiger partial charge in [-0.2, -0.15) is 4.98 Å². The second kappa shape index (κ2) is 4.52. The van der Waals surface area contributed by atoms with Crippen LogP contribution in [0.15, 0.2) is 24.8 Å². The van der Waals surface area contributed by atoms with Crippen molar-refractivity contribution in [3.8, 4) is 23.1 Å². The third kappa shape index (κ3) is 1.90. The van der Waals surface area contributed by atoms with Crippen LogP contribution in [0.2, 0.25) is 0 Å². The average Bonchev–Trinajstić information content (AvgIpc) is 2.38. The van der Waals surface area contributed by atoms with E-state index in [1.807, 2.05) is 0 Å². The first-order chi connectivity index (χ1) is 7.85. The lowest BCUT2D eigenvalue weighted by Gasteiger charge is -2.05. The van der Waals surface area contributed by atoms with E-state index in [9.17, 15) is 0 Å². The molecular formula is C10H10N4O2. The van der Waals surface area contributed by atoms with E-state index in [1.54, 1.807) is 25.6 Å². The average molecular weight is 218 g/mol. The number of aromatic nitrogens is 4.